The van der Waals surface area contributed by atoms with E-state index in [0.29, 0.717) is 31.8 Å². The van der Waals surface area contributed by atoms with Crippen molar-refractivity contribution in [2.75, 3.05) is 13.2 Å². The van der Waals surface area contributed by atoms with Crippen molar-refractivity contribution in [1.82, 2.24) is 0 Å². The monoisotopic (exact) mass is 428 g/mol. The van der Waals surface area contributed by atoms with Crippen LogP contribution in [0.4, 0.5) is 0 Å². The molecule has 2 fully saturated rings. The fourth-order valence-corrected chi connectivity index (χ4v) is 4.83. The minimum Gasteiger partial charge on any atom is -0.461 e. The molecule has 2 saturated carbocycles. The molecule has 6 heteroatoms. The van der Waals surface area contributed by atoms with Crippen molar-refractivity contribution in [3.05, 3.63) is 24.3 Å². The first-order valence-corrected chi connectivity index (χ1v) is 11.4. The molecule has 2 rings (SSSR count). The number of carbonyl (C=O) groups excluding carboxylic acids is 1. The van der Waals surface area contributed by atoms with Gasteiger partial charge in [-0.2, -0.15) is 0 Å². The van der Waals surface area contributed by atoms with Crippen molar-refractivity contribution in [3.63, 3.8) is 0 Å². The Morgan fingerprint density at radius 3 is 2.59 bits per heavy atom. The fraction of sp³-hybridized carbons (Fsp3) is 0.783. The van der Waals surface area contributed by atoms with Gasteiger partial charge in [0, 0.05) is 10.8 Å². The molecule has 2 aliphatic carbocycles. The van der Waals surface area contributed by atoms with Crippen LogP contribution in [0.2, 0.25) is 0 Å². The molecule has 29 heavy (non-hydrogen) atoms. The van der Waals surface area contributed by atoms with Gasteiger partial charge in [0.05, 0.1) is 24.9 Å². The molecule has 0 aromatic rings. The number of carbonyl (C=O) groups is 1. The first kappa shape index (κ1) is 24.4. The molecule has 0 spiro atoms. The molecule has 2 N–H and O–H groups in total. The van der Waals surface area contributed by atoms with Crippen LogP contribution in [0.3, 0.4) is 0 Å². The van der Waals surface area contributed by atoms with Gasteiger partial charge < -0.3 is 19.7 Å². The molecule has 166 valence electrons. The summed E-state index contributed by atoms with van der Waals surface area (Å²) in [7, 11) is 0. The van der Waals surface area contributed by atoms with E-state index in [2.05, 4.69) is 0 Å². The number of esters is 1. The Morgan fingerprint density at radius 1 is 1.24 bits per heavy atom. The summed E-state index contributed by atoms with van der Waals surface area (Å²) in [5.74, 6) is -0.0454. The molecule has 0 aromatic carbocycles. The lowest BCUT2D eigenvalue weighted by molar-refractivity contribution is -0.152. The lowest BCUT2D eigenvalue weighted by Crippen LogP contribution is -2.26. The van der Waals surface area contributed by atoms with E-state index in [1.54, 1.807) is 13.8 Å². The molecule has 2 aliphatic rings. The van der Waals surface area contributed by atoms with Gasteiger partial charge in [0.15, 0.2) is 0 Å². The van der Waals surface area contributed by atoms with Crippen LogP contribution in [-0.4, -0.2) is 53.1 Å². The van der Waals surface area contributed by atoms with Crippen LogP contribution in [0.25, 0.3) is 0 Å². The molecular weight excluding hydrogens is 392 g/mol. The molecule has 1 unspecified atom stereocenters. The highest BCUT2D eigenvalue weighted by atomic mass is 35.5. The molecule has 0 heterocycles. The summed E-state index contributed by atoms with van der Waals surface area (Å²) in [5.41, 5.74) is -0.371. The summed E-state index contributed by atoms with van der Waals surface area (Å²) in [4.78, 5) is 11.5. The van der Waals surface area contributed by atoms with Gasteiger partial charge >= 0.3 is 5.97 Å². The van der Waals surface area contributed by atoms with E-state index in [1.807, 2.05) is 24.3 Å². The number of rotatable bonds is 10. The third-order valence-corrected chi connectivity index (χ3v) is 6.56. The zero-order valence-electron chi connectivity index (χ0n) is 17.8. The van der Waals surface area contributed by atoms with Crippen LogP contribution in [0, 0.1) is 11.3 Å². The fourth-order valence-electron chi connectivity index (χ4n) is 4.38. The van der Waals surface area contributed by atoms with Crippen molar-refractivity contribution in [2.24, 2.45) is 11.3 Å². The predicted octanol–water partition coefficient (Wildman–Crippen LogP) is 4.15. The van der Waals surface area contributed by atoms with E-state index < -0.39 is 12.2 Å². The molecule has 4 atom stereocenters. The second-order valence-electron chi connectivity index (χ2n) is 8.77. The van der Waals surface area contributed by atoms with Crippen LogP contribution in [0.5, 0.6) is 0 Å². The Labute approximate surface area is 180 Å². The maximum atomic E-state index is 11.5. The SMILES string of the molecule is CC(C)OC(=O)COCC=CCC1(C=C[C@@H](O)C2CCCCC2)C[C@H](O)C[C@H]1Cl. The molecule has 0 aliphatic heterocycles. The standard InChI is InChI=1S/C23H37ClO5/c1-17(2)29-22(27)16-28-13-7-6-11-23(15-19(25)14-21(23)24)12-10-20(26)18-8-4-3-5-9-18/h6-7,10,12,17-21,25-26H,3-5,8-9,11,13-16H2,1-2H3/t19-,20-,21-,23?/m1/s1. The van der Waals surface area contributed by atoms with Gasteiger partial charge in [-0.3, -0.25) is 0 Å². The number of aliphatic hydroxyl groups is 2. The molecule has 0 saturated heterocycles. The Bertz CT molecular complexity index is 555. The average molecular weight is 429 g/mol. The van der Waals surface area contributed by atoms with Gasteiger partial charge in [-0.15, -0.1) is 11.6 Å². The topological polar surface area (TPSA) is 76.0 Å². The van der Waals surface area contributed by atoms with Gasteiger partial charge in [-0.1, -0.05) is 43.6 Å². The Kier molecular flexibility index (Phi) is 10.2. The molecule has 0 aromatic heterocycles. The maximum absolute atomic E-state index is 11.5. The van der Waals surface area contributed by atoms with Crippen molar-refractivity contribution in [1.29, 1.82) is 0 Å². The average Bonchev–Trinajstić information content (AvgIpc) is 2.96. The summed E-state index contributed by atoms with van der Waals surface area (Å²) < 4.78 is 10.3. The smallest absolute Gasteiger partial charge is 0.332 e. The van der Waals surface area contributed by atoms with Crippen LogP contribution in [-0.2, 0) is 14.3 Å². The number of halogens is 1. The Balaban J connectivity index is 1.87. The van der Waals surface area contributed by atoms with Gasteiger partial charge in [0.25, 0.3) is 0 Å². The van der Waals surface area contributed by atoms with Crippen LogP contribution >= 0.6 is 11.6 Å². The van der Waals surface area contributed by atoms with Crippen molar-refractivity contribution in [2.45, 2.75) is 88.9 Å². The first-order valence-electron chi connectivity index (χ1n) is 10.9. The maximum Gasteiger partial charge on any atom is 0.332 e. The second-order valence-corrected chi connectivity index (χ2v) is 9.30. The molecule has 0 amide bonds. The number of alkyl halides is 1. The van der Waals surface area contributed by atoms with E-state index >= 15 is 0 Å². The zero-order valence-corrected chi connectivity index (χ0v) is 18.5. The normalized spacial score (nSPS) is 29.9. The number of aliphatic hydroxyl groups excluding tert-OH is 2. The third-order valence-electron chi connectivity index (χ3n) is 5.94. The third kappa shape index (κ3) is 8.05. The molecule has 5 nitrogen and oxygen atoms in total. The van der Waals surface area contributed by atoms with Gasteiger partial charge in [-0.05, 0) is 51.9 Å². The minimum atomic E-state index is -0.451. The van der Waals surface area contributed by atoms with Crippen molar-refractivity contribution in [3.8, 4) is 0 Å². The predicted molar refractivity (Wildman–Crippen MR) is 115 cm³/mol. The number of allylic oxidation sites excluding steroid dienone is 2. The lowest BCUT2D eigenvalue weighted by Gasteiger charge is -2.30. The van der Waals surface area contributed by atoms with Gasteiger partial charge in [0.1, 0.15) is 6.61 Å². The van der Waals surface area contributed by atoms with E-state index in [4.69, 9.17) is 21.1 Å². The molecular formula is C23H37ClO5. The molecule has 0 radical (unpaired) electrons. The second kappa shape index (κ2) is 12.1. The van der Waals surface area contributed by atoms with E-state index in [1.165, 1.54) is 19.3 Å². The summed E-state index contributed by atoms with van der Waals surface area (Å²) in [5, 5.41) is 20.5. The summed E-state index contributed by atoms with van der Waals surface area (Å²) in [6.45, 7) is 3.84. The summed E-state index contributed by atoms with van der Waals surface area (Å²) >= 11 is 6.61. The van der Waals surface area contributed by atoms with Gasteiger partial charge in [-0.25, -0.2) is 4.79 Å². The van der Waals surface area contributed by atoms with E-state index in [9.17, 15) is 15.0 Å². The van der Waals surface area contributed by atoms with Crippen LogP contribution in [0.1, 0.15) is 65.2 Å². The lowest BCUT2D eigenvalue weighted by atomic mass is 9.79. The Morgan fingerprint density at radius 2 is 1.97 bits per heavy atom. The largest absolute Gasteiger partial charge is 0.461 e. The summed E-state index contributed by atoms with van der Waals surface area (Å²) in [6.07, 6.45) is 14.3. The van der Waals surface area contributed by atoms with Crippen molar-refractivity contribution < 1.29 is 24.5 Å². The van der Waals surface area contributed by atoms with E-state index in [0.717, 1.165) is 12.8 Å². The zero-order chi connectivity index (χ0) is 21.3. The van der Waals surface area contributed by atoms with Crippen molar-refractivity contribution >= 4 is 17.6 Å². The highest BCUT2D eigenvalue weighted by Gasteiger charge is 2.43. The quantitative estimate of drug-likeness (QED) is 0.236. The minimum absolute atomic E-state index is 0.0714. The number of hydrogen-bond donors (Lipinski definition) is 2. The first-order chi connectivity index (χ1) is 13.8. The summed E-state index contributed by atoms with van der Waals surface area (Å²) in [6, 6.07) is 0. The molecule has 0 bridgehead atoms. The highest BCUT2D eigenvalue weighted by Crippen LogP contribution is 2.46. The van der Waals surface area contributed by atoms with Crippen LogP contribution < -0.4 is 0 Å². The van der Waals surface area contributed by atoms with Crippen LogP contribution in [0.15, 0.2) is 24.3 Å². The Hall–Kier alpha value is -0.880. The van der Waals surface area contributed by atoms with Gasteiger partial charge in [0.2, 0.25) is 0 Å². The number of hydrogen-bond acceptors (Lipinski definition) is 5. The van der Waals surface area contributed by atoms with E-state index in [-0.39, 0.29) is 29.5 Å². The number of ether oxygens (including phenoxy) is 2. The highest BCUT2D eigenvalue weighted by molar-refractivity contribution is 6.21.